The number of nitrogens with two attached hydrogens (primary N) is 1. The summed E-state index contributed by atoms with van der Waals surface area (Å²) < 4.78 is 6.96. The van der Waals surface area contributed by atoms with E-state index in [4.69, 9.17) is 10.2 Å². The summed E-state index contributed by atoms with van der Waals surface area (Å²) in [5.74, 6) is 0.474. The molecule has 0 radical (unpaired) electrons. The van der Waals surface area contributed by atoms with Crippen LogP contribution in [0.4, 0.5) is 16.5 Å². The molecule has 1 saturated carbocycles. The van der Waals surface area contributed by atoms with E-state index in [0.29, 0.717) is 23.6 Å². The summed E-state index contributed by atoms with van der Waals surface area (Å²) in [6, 6.07) is 5.38. The van der Waals surface area contributed by atoms with Gasteiger partial charge >= 0.3 is 6.03 Å². The number of urea groups is 1. The number of anilines is 2. The van der Waals surface area contributed by atoms with Gasteiger partial charge in [0.15, 0.2) is 5.58 Å². The second-order valence-corrected chi connectivity index (χ2v) is 6.04. The van der Waals surface area contributed by atoms with Crippen molar-refractivity contribution in [3.63, 3.8) is 0 Å². The first-order chi connectivity index (χ1) is 11.6. The molecule has 2 amide bonds. The number of nitrogen functional groups attached to an aromatic ring is 1. The van der Waals surface area contributed by atoms with Gasteiger partial charge in [-0.05, 0) is 30.5 Å². The SMILES string of the molecule is Cn1cc(NC(=O)NCc2ccc3oc(N)nc3c2)c(C2CC2)n1. The predicted molar refractivity (Wildman–Crippen MR) is 89.5 cm³/mol. The highest BCUT2D eigenvalue weighted by molar-refractivity contribution is 5.90. The minimum atomic E-state index is -0.260. The summed E-state index contributed by atoms with van der Waals surface area (Å²) in [6.07, 6.45) is 4.10. The first-order valence-electron chi connectivity index (χ1n) is 7.82. The summed E-state index contributed by atoms with van der Waals surface area (Å²) in [7, 11) is 1.85. The Morgan fingerprint density at radius 1 is 1.46 bits per heavy atom. The molecular formula is C16H18N6O2. The number of nitrogens with zero attached hydrogens (tertiary/aromatic N) is 3. The molecule has 1 aliphatic rings. The standard InChI is InChI=1S/C16H18N6O2/c1-22-8-12(14(21-22)10-3-4-10)20-16(23)18-7-9-2-5-13-11(6-9)19-15(17)24-13/h2,5-6,8,10H,3-4,7H2,1H3,(H2,17,19)(H2,18,20,23). The fraction of sp³-hybridized carbons (Fsp3) is 0.312. The fourth-order valence-electron chi connectivity index (χ4n) is 2.71. The lowest BCUT2D eigenvalue weighted by atomic mass is 10.2. The molecule has 2 aromatic heterocycles. The van der Waals surface area contributed by atoms with Crippen LogP contribution in [-0.4, -0.2) is 20.8 Å². The van der Waals surface area contributed by atoms with Gasteiger partial charge in [0.05, 0.1) is 11.4 Å². The third kappa shape index (κ3) is 2.90. The molecule has 0 saturated heterocycles. The predicted octanol–water partition coefficient (Wildman–Crippen LogP) is 2.34. The first-order valence-corrected chi connectivity index (χ1v) is 7.82. The van der Waals surface area contributed by atoms with Gasteiger partial charge in [0, 0.05) is 25.7 Å². The van der Waals surface area contributed by atoms with E-state index in [1.54, 1.807) is 10.7 Å². The van der Waals surface area contributed by atoms with Crippen molar-refractivity contribution in [3.8, 4) is 0 Å². The Hall–Kier alpha value is -3.03. The first kappa shape index (κ1) is 14.6. The molecule has 24 heavy (non-hydrogen) atoms. The van der Waals surface area contributed by atoms with Gasteiger partial charge in [-0.2, -0.15) is 10.1 Å². The maximum Gasteiger partial charge on any atom is 0.319 e. The van der Waals surface area contributed by atoms with Crippen LogP contribution in [0.5, 0.6) is 0 Å². The van der Waals surface area contributed by atoms with E-state index < -0.39 is 0 Å². The smallest absolute Gasteiger partial charge is 0.319 e. The zero-order chi connectivity index (χ0) is 16.7. The molecule has 4 rings (SSSR count). The molecule has 124 valence electrons. The number of benzene rings is 1. The van der Waals surface area contributed by atoms with Crippen molar-refractivity contribution in [2.24, 2.45) is 7.05 Å². The Balaban J connectivity index is 1.40. The molecule has 4 N–H and O–H groups in total. The maximum absolute atomic E-state index is 12.1. The van der Waals surface area contributed by atoms with Crippen LogP contribution in [-0.2, 0) is 13.6 Å². The molecular weight excluding hydrogens is 308 g/mol. The van der Waals surface area contributed by atoms with Gasteiger partial charge in [0.2, 0.25) is 0 Å². The van der Waals surface area contributed by atoms with E-state index in [1.807, 2.05) is 25.4 Å². The summed E-state index contributed by atoms with van der Waals surface area (Å²) in [5.41, 5.74) is 9.49. The molecule has 1 fully saturated rings. The average Bonchev–Trinajstić information content (AvgIpc) is 3.22. The second-order valence-electron chi connectivity index (χ2n) is 6.04. The zero-order valence-electron chi connectivity index (χ0n) is 13.2. The van der Waals surface area contributed by atoms with E-state index in [0.717, 1.165) is 29.8 Å². The molecule has 1 aromatic carbocycles. The Kier molecular flexibility index (Phi) is 3.37. The Morgan fingerprint density at radius 3 is 3.08 bits per heavy atom. The zero-order valence-corrected chi connectivity index (χ0v) is 13.2. The number of hydrogen-bond acceptors (Lipinski definition) is 5. The molecule has 3 aromatic rings. The number of carbonyl (C=O) groups excluding carboxylic acids is 1. The monoisotopic (exact) mass is 326 g/mol. The maximum atomic E-state index is 12.1. The van der Waals surface area contributed by atoms with Crippen LogP contribution in [0.25, 0.3) is 11.1 Å². The third-order valence-electron chi connectivity index (χ3n) is 3.99. The summed E-state index contributed by atoms with van der Waals surface area (Å²) in [5, 5.41) is 10.1. The van der Waals surface area contributed by atoms with Gasteiger partial charge in [-0.1, -0.05) is 6.07 Å². The number of carbonyl (C=O) groups is 1. The number of hydrogen-bond donors (Lipinski definition) is 3. The minimum absolute atomic E-state index is 0.136. The van der Waals surface area contributed by atoms with E-state index in [2.05, 4.69) is 20.7 Å². The minimum Gasteiger partial charge on any atom is -0.424 e. The fourth-order valence-corrected chi connectivity index (χ4v) is 2.71. The van der Waals surface area contributed by atoms with Crippen LogP contribution in [0.2, 0.25) is 0 Å². The number of nitrogens with one attached hydrogen (secondary N) is 2. The lowest BCUT2D eigenvalue weighted by Gasteiger charge is -2.07. The highest BCUT2D eigenvalue weighted by Crippen LogP contribution is 2.42. The van der Waals surface area contributed by atoms with Crippen LogP contribution in [0, 0.1) is 0 Å². The number of oxazole rings is 1. The normalized spacial score (nSPS) is 14.0. The van der Waals surface area contributed by atoms with E-state index >= 15 is 0 Å². The quantitative estimate of drug-likeness (QED) is 0.681. The van der Waals surface area contributed by atoms with Crippen molar-refractivity contribution in [2.75, 3.05) is 11.1 Å². The summed E-state index contributed by atoms with van der Waals surface area (Å²) >= 11 is 0. The summed E-state index contributed by atoms with van der Waals surface area (Å²) in [4.78, 5) is 16.2. The van der Waals surface area contributed by atoms with Crippen molar-refractivity contribution in [1.29, 1.82) is 0 Å². The van der Waals surface area contributed by atoms with E-state index in [1.165, 1.54) is 0 Å². The lowest BCUT2D eigenvalue weighted by molar-refractivity contribution is 0.251. The molecule has 2 heterocycles. The van der Waals surface area contributed by atoms with Gasteiger partial charge in [-0.15, -0.1) is 0 Å². The summed E-state index contributed by atoms with van der Waals surface area (Å²) in [6.45, 7) is 0.383. The largest absolute Gasteiger partial charge is 0.424 e. The van der Waals surface area contributed by atoms with E-state index in [9.17, 15) is 4.79 Å². The second kappa shape index (κ2) is 5.55. The topological polar surface area (TPSA) is 111 Å². The molecule has 0 aliphatic heterocycles. The van der Waals surface area contributed by atoms with Crippen molar-refractivity contribution in [1.82, 2.24) is 20.1 Å². The number of rotatable bonds is 4. The van der Waals surface area contributed by atoms with Gasteiger partial charge in [0.1, 0.15) is 5.52 Å². The Labute approximate surface area is 138 Å². The van der Waals surface area contributed by atoms with Gasteiger partial charge in [-0.25, -0.2) is 4.79 Å². The Morgan fingerprint density at radius 2 is 2.29 bits per heavy atom. The molecule has 0 unspecified atom stereocenters. The molecule has 1 aliphatic carbocycles. The lowest BCUT2D eigenvalue weighted by Crippen LogP contribution is -2.28. The van der Waals surface area contributed by atoms with Crippen LogP contribution in [0.1, 0.15) is 30.0 Å². The van der Waals surface area contributed by atoms with Gasteiger partial charge in [-0.3, -0.25) is 4.68 Å². The van der Waals surface area contributed by atoms with E-state index in [-0.39, 0.29) is 12.0 Å². The van der Waals surface area contributed by atoms with Crippen molar-refractivity contribution >= 4 is 28.8 Å². The van der Waals surface area contributed by atoms with Crippen LogP contribution in [0.3, 0.4) is 0 Å². The Bertz CT molecular complexity index is 909. The highest BCUT2D eigenvalue weighted by atomic mass is 16.4. The van der Waals surface area contributed by atoms with Crippen LogP contribution < -0.4 is 16.4 Å². The van der Waals surface area contributed by atoms with Crippen molar-refractivity contribution in [2.45, 2.75) is 25.3 Å². The number of fused-ring (bicyclic) bond motifs is 1. The van der Waals surface area contributed by atoms with Crippen LogP contribution in [0.15, 0.2) is 28.8 Å². The van der Waals surface area contributed by atoms with Crippen molar-refractivity contribution < 1.29 is 9.21 Å². The number of aryl methyl sites for hydroxylation is 1. The third-order valence-corrected chi connectivity index (χ3v) is 3.99. The molecule has 0 atom stereocenters. The average molecular weight is 326 g/mol. The van der Waals surface area contributed by atoms with Gasteiger partial charge < -0.3 is 20.8 Å². The molecule has 8 nitrogen and oxygen atoms in total. The molecule has 0 spiro atoms. The molecule has 0 bridgehead atoms. The van der Waals surface area contributed by atoms with Crippen molar-refractivity contribution in [3.05, 3.63) is 35.7 Å². The highest BCUT2D eigenvalue weighted by Gasteiger charge is 2.29. The van der Waals surface area contributed by atoms with Gasteiger partial charge in [0.25, 0.3) is 6.01 Å². The number of aromatic nitrogens is 3. The molecule has 8 heteroatoms. The number of amides is 2. The van der Waals surface area contributed by atoms with Crippen LogP contribution >= 0.6 is 0 Å².